The fourth-order valence-corrected chi connectivity index (χ4v) is 4.74. The lowest BCUT2D eigenvalue weighted by Gasteiger charge is -2.31. The Balaban J connectivity index is 2.05. The SMILES string of the molecule is CC(C)Cn1ncnc1CS(=O)(=O)CC1(O)CCCCC1. The van der Waals surface area contributed by atoms with Crippen molar-refractivity contribution in [2.45, 2.75) is 63.9 Å². The molecule has 0 aliphatic heterocycles. The second kappa shape index (κ2) is 6.44. The molecule has 0 amide bonds. The zero-order chi connectivity index (χ0) is 15.5. The van der Waals surface area contributed by atoms with Crippen molar-refractivity contribution < 1.29 is 13.5 Å². The Bertz CT molecular complexity index is 560. The van der Waals surface area contributed by atoms with E-state index < -0.39 is 15.4 Å². The van der Waals surface area contributed by atoms with Gasteiger partial charge in [-0.25, -0.2) is 18.1 Å². The smallest absolute Gasteiger partial charge is 0.160 e. The molecule has 7 heteroatoms. The van der Waals surface area contributed by atoms with Crippen LogP contribution in [0.15, 0.2) is 6.33 Å². The molecule has 1 N–H and O–H groups in total. The quantitative estimate of drug-likeness (QED) is 0.861. The summed E-state index contributed by atoms with van der Waals surface area (Å²) in [5.41, 5.74) is -1.06. The molecule has 0 saturated heterocycles. The first-order valence-corrected chi connectivity index (χ1v) is 9.41. The average molecular weight is 315 g/mol. The molecule has 120 valence electrons. The van der Waals surface area contributed by atoms with E-state index in [4.69, 9.17) is 0 Å². The molecule has 0 bridgehead atoms. The van der Waals surface area contributed by atoms with Crippen LogP contribution in [0.4, 0.5) is 0 Å². The summed E-state index contributed by atoms with van der Waals surface area (Å²) in [6.07, 6.45) is 5.41. The van der Waals surface area contributed by atoms with Gasteiger partial charge in [-0.3, -0.25) is 0 Å². The third-order valence-electron chi connectivity index (χ3n) is 3.86. The summed E-state index contributed by atoms with van der Waals surface area (Å²) in [5, 5.41) is 14.5. The Morgan fingerprint density at radius 2 is 2.00 bits per heavy atom. The van der Waals surface area contributed by atoms with Crippen molar-refractivity contribution in [3.05, 3.63) is 12.2 Å². The topological polar surface area (TPSA) is 85.1 Å². The molecular formula is C14H25N3O3S. The molecular weight excluding hydrogens is 290 g/mol. The Kier molecular flexibility index (Phi) is 5.03. The van der Waals surface area contributed by atoms with Gasteiger partial charge in [-0.1, -0.05) is 33.1 Å². The fourth-order valence-electron chi connectivity index (χ4n) is 2.91. The van der Waals surface area contributed by atoms with E-state index in [1.165, 1.54) is 6.33 Å². The molecule has 2 rings (SSSR count). The molecule has 21 heavy (non-hydrogen) atoms. The van der Waals surface area contributed by atoms with Crippen LogP contribution >= 0.6 is 0 Å². The van der Waals surface area contributed by atoms with Crippen LogP contribution in [0.2, 0.25) is 0 Å². The van der Waals surface area contributed by atoms with Crippen molar-refractivity contribution in [3.63, 3.8) is 0 Å². The van der Waals surface area contributed by atoms with E-state index in [1.54, 1.807) is 4.68 Å². The number of hydrogen-bond acceptors (Lipinski definition) is 5. The number of nitrogens with zero attached hydrogens (tertiary/aromatic N) is 3. The minimum absolute atomic E-state index is 0.151. The monoisotopic (exact) mass is 315 g/mol. The maximum Gasteiger partial charge on any atom is 0.160 e. The molecule has 0 spiro atoms. The number of aliphatic hydroxyl groups is 1. The fraction of sp³-hybridized carbons (Fsp3) is 0.857. The highest BCUT2D eigenvalue weighted by Gasteiger charge is 2.35. The van der Waals surface area contributed by atoms with Crippen LogP contribution in [0.1, 0.15) is 51.8 Å². The van der Waals surface area contributed by atoms with Gasteiger partial charge in [0.1, 0.15) is 17.9 Å². The first kappa shape index (κ1) is 16.4. The lowest BCUT2D eigenvalue weighted by atomic mass is 9.86. The van der Waals surface area contributed by atoms with E-state index >= 15 is 0 Å². The lowest BCUT2D eigenvalue weighted by Crippen LogP contribution is -2.39. The summed E-state index contributed by atoms with van der Waals surface area (Å²) in [5.74, 6) is 0.509. The highest BCUT2D eigenvalue weighted by atomic mass is 32.2. The molecule has 1 saturated carbocycles. The van der Waals surface area contributed by atoms with Gasteiger partial charge in [-0.15, -0.1) is 0 Å². The minimum atomic E-state index is -3.39. The van der Waals surface area contributed by atoms with Crippen LogP contribution in [0.3, 0.4) is 0 Å². The van der Waals surface area contributed by atoms with Gasteiger partial charge in [-0.05, 0) is 18.8 Å². The Morgan fingerprint density at radius 1 is 1.33 bits per heavy atom. The van der Waals surface area contributed by atoms with Gasteiger partial charge >= 0.3 is 0 Å². The molecule has 0 radical (unpaired) electrons. The van der Waals surface area contributed by atoms with Crippen LogP contribution in [-0.4, -0.2) is 39.6 Å². The maximum absolute atomic E-state index is 12.4. The molecule has 1 heterocycles. The molecule has 1 fully saturated rings. The van der Waals surface area contributed by atoms with Crippen molar-refractivity contribution >= 4 is 9.84 Å². The van der Waals surface area contributed by atoms with Crippen molar-refractivity contribution in [2.24, 2.45) is 5.92 Å². The summed E-state index contributed by atoms with van der Waals surface area (Å²) in [4.78, 5) is 4.06. The molecule has 1 aliphatic carbocycles. The maximum atomic E-state index is 12.4. The van der Waals surface area contributed by atoms with E-state index in [2.05, 4.69) is 10.1 Å². The lowest BCUT2D eigenvalue weighted by molar-refractivity contribution is 0.0257. The van der Waals surface area contributed by atoms with Gasteiger partial charge in [0.15, 0.2) is 9.84 Å². The second-order valence-electron chi connectivity index (χ2n) is 6.57. The van der Waals surface area contributed by atoms with Crippen molar-refractivity contribution in [3.8, 4) is 0 Å². The number of rotatable bonds is 6. The molecule has 1 aliphatic rings. The normalized spacial score (nSPS) is 19.0. The largest absolute Gasteiger partial charge is 0.389 e. The van der Waals surface area contributed by atoms with Crippen LogP contribution in [-0.2, 0) is 22.1 Å². The summed E-state index contributed by atoms with van der Waals surface area (Å²) in [7, 11) is -3.39. The van der Waals surface area contributed by atoms with Crippen molar-refractivity contribution in [1.29, 1.82) is 0 Å². The van der Waals surface area contributed by atoms with Crippen molar-refractivity contribution in [2.75, 3.05) is 5.75 Å². The second-order valence-corrected chi connectivity index (χ2v) is 8.63. The zero-order valence-corrected chi connectivity index (χ0v) is 13.6. The molecule has 0 atom stereocenters. The first-order chi connectivity index (χ1) is 9.80. The summed E-state index contributed by atoms with van der Waals surface area (Å²) >= 11 is 0. The highest BCUT2D eigenvalue weighted by Crippen LogP contribution is 2.29. The Hall–Kier alpha value is -0.950. The standard InChI is InChI=1S/C14H25N3O3S/c1-12(2)8-17-13(15-11-16-17)9-21(19,20)10-14(18)6-4-3-5-7-14/h11-12,18H,3-10H2,1-2H3. The van der Waals surface area contributed by atoms with Gasteiger partial charge < -0.3 is 5.11 Å². The van der Waals surface area contributed by atoms with Crippen molar-refractivity contribution in [1.82, 2.24) is 14.8 Å². The van der Waals surface area contributed by atoms with Gasteiger partial charge in [-0.2, -0.15) is 5.10 Å². The van der Waals surface area contributed by atoms with E-state index in [0.717, 1.165) is 19.3 Å². The summed E-state index contributed by atoms with van der Waals surface area (Å²) in [6.45, 7) is 4.74. The molecule has 0 aromatic carbocycles. The number of sulfone groups is 1. The summed E-state index contributed by atoms with van der Waals surface area (Å²) < 4.78 is 26.4. The molecule has 0 unspecified atom stereocenters. The van der Waals surface area contributed by atoms with Gasteiger partial charge in [0.2, 0.25) is 0 Å². The third-order valence-corrected chi connectivity index (χ3v) is 5.53. The number of hydrogen-bond donors (Lipinski definition) is 1. The van der Waals surface area contributed by atoms with Crippen LogP contribution in [0.25, 0.3) is 0 Å². The van der Waals surface area contributed by atoms with Gasteiger partial charge in [0, 0.05) is 6.54 Å². The van der Waals surface area contributed by atoms with Gasteiger partial charge in [0.25, 0.3) is 0 Å². The predicted octanol–water partition coefficient (Wildman–Crippen LogP) is 1.54. The van der Waals surface area contributed by atoms with E-state index in [1.807, 2.05) is 13.8 Å². The summed E-state index contributed by atoms with van der Waals surface area (Å²) in [6, 6.07) is 0. The van der Waals surface area contributed by atoms with Crippen LogP contribution < -0.4 is 0 Å². The van der Waals surface area contributed by atoms with Crippen LogP contribution in [0.5, 0.6) is 0 Å². The zero-order valence-electron chi connectivity index (χ0n) is 12.8. The molecule has 1 aromatic rings. The average Bonchev–Trinajstić information content (AvgIpc) is 2.74. The first-order valence-electron chi connectivity index (χ1n) is 7.59. The number of aromatic nitrogens is 3. The van der Waals surface area contributed by atoms with Crippen LogP contribution in [0, 0.1) is 5.92 Å². The Labute approximate surface area is 126 Å². The van der Waals surface area contributed by atoms with E-state index in [0.29, 0.717) is 31.1 Å². The minimum Gasteiger partial charge on any atom is -0.389 e. The highest BCUT2D eigenvalue weighted by molar-refractivity contribution is 7.90. The third kappa shape index (κ3) is 4.78. The van der Waals surface area contributed by atoms with E-state index in [-0.39, 0.29) is 11.5 Å². The Morgan fingerprint density at radius 3 is 2.62 bits per heavy atom. The molecule has 6 nitrogen and oxygen atoms in total. The van der Waals surface area contributed by atoms with Gasteiger partial charge in [0.05, 0.1) is 11.4 Å². The molecule has 1 aromatic heterocycles. The predicted molar refractivity (Wildman–Crippen MR) is 80.4 cm³/mol. The van der Waals surface area contributed by atoms with E-state index in [9.17, 15) is 13.5 Å².